The van der Waals surface area contributed by atoms with Crippen LogP contribution in [0.15, 0.2) is 47.7 Å². The fraction of sp³-hybridized carbons (Fsp3) is 0.370. The van der Waals surface area contributed by atoms with Crippen LogP contribution in [-0.2, 0) is 9.53 Å². The molecule has 1 saturated heterocycles. The average Bonchev–Trinajstić information content (AvgIpc) is 3.06. The summed E-state index contributed by atoms with van der Waals surface area (Å²) in [6.45, 7) is 1.16. The molecule has 1 aliphatic carbocycles. The Kier molecular flexibility index (Phi) is 7.00. The molecule has 194 valence electrons. The van der Waals surface area contributed by atoms with Gasteiger partial charge in [0, 0.05) is 36.1 Å². The van der Waals surface area contributed by atoms with Crippen LogP contribution in [0.1, 0.15) is 37.7 Å². The lowest BCUT2D eigenvalue weighted by Crippen LogP contribution is -2.25. The first-order valence-electron chi connectivity index (χ1n) is 12.3. The lowest BCUT2D eigenvalue weighted by atomic mass is 9.90. The Labute approximate surface area is 214 Å². The second-order valence-corrected chi connectivity index (χ2v) is 9.13. The molecule has 0 spiro atoms. The third-order valence-electron chi connectivity index (χ3n) is 6.83. The number of rotatable bonds is 7. The highest BCUT2D eigenvalue weighted by atomic mass is 16.6. The predicted molar refractivity (Wildman–Crippen MR) is 138 cm³/mol. The van der Waals surface area contributed by atoms with Crippen molar-refractivity contribution in [2.24, 2.45) is 0 Å². The molecule has 1 amide bonds. The van der Waals surface area contributed by atoms with E-state index in [1.807, 2.05) is 12.1 Å². The van der Waals surface area contributed by atoms with Gasteiger partial charge in [0.1, 0.15) is 6.61 Å². The largest absolute Gasteiger partial charge is 0.493 e. The Hall–Kier alpha value is -4.05. The molecule has 2 heterocycles. The van der Waals surface area contributed by atoms with Crippen LogP contribution in [0.25, 0.3) is 5.57 Å². The highest BCUT2D eigenvalue weighted by Crippen LogP contribution is 2.42. The number of hydrogen-bond donors (Lipinski definition) is 2. The Morgan fingerprint density at radius 1 is 1.03 bits per heavy atom. The number of carbonyl (C=O) groups excluding carboxylic acids is 1. The number of ether oxygens (including phenoxy) is 4. The third-order valence-corrected chi connectivity index (χ3v) is 6.83. The molecule has 0 bridgehead atoms. The minimum absolute atomic E-state index is 0.0433. The van der Waals surface area contributed by atoms with Crippen molar-refractivity contribution in [1.82, 2.24) is 0 Å². The minimum Gasteiger partial charge on any atom is -0.493 e. The van der Waals surface area contributed by atoms with Crippen LogP contribution in [-0.4, -0.2) is 44.4 Å². The van der Waals surface area contributed by atoms with Crippen LogP contribution in [0.4, 0.5) is 17.1 Å². The highest BCUT2D eigenvalue weighted by Gasteiger charge is 2.27. The van der Waals surface area contributed by atoms with Crippen LogP contribution >= 0.6 is 0 Å². The van der Waals surface area contributed by atoms with Crippen LogP contribution in [0, 0.1) is 10.1 Å². The Morgan fingerprint density at radius 2 is 1.81 bits per heavy atom. The van der Waals surface area contributed by atoms with Gasteiger partial charge >= 0.3 is 5.69 Å². The van der Waals surface area contributed by atoms with Gasteiger partial charge in [0.05, 0.1) is 36.6 Å². The quantitative estimate of drug-likeness (QED) is 0.394. The van der Waals surface area contributed by atoms with Crippen LogP contribution < -0.4 is 24.8 Å². The maximum Gasteiger partial charge on any atom is 0.310 e. The molecule has 5 rings (SSSR count). The summed E-state index contributed by atoms with van der Waals surface area (Å²) in [6, 6.07) is 8.37. The number of benzene rings is 2. The van der Waals surface area contributed by atoms with E-state index >= 15 is 0 Å². The Bertz CT molecular complexity index is 1300. The fourth-order valence-corrected chi connectivity index (χ4v) is 4.83. The number of allylic oxidation sites excluding steroid dienone is 2. The average molecular weight is 508 g/mol. The highest BCUT2D eigenvalue weighted by molar-refractivity contribution is 6.09. The van der Waals surface area contributed by atoms with E-state index in [0.717, 1.165) is 37.0 Å². The second-order valence-electron chi connectivity index (χ2n) is 9.13. The molecule has 2 aliphatic heterocycles. The number of methoxy groups -OCH3 is 2. The number of nitrogens with zero attached hydrogens (tertiary/aromatic N) is 1. The van der Waals surface area contributed by atoms with E-state index in [1.165, 1.54) is 13.2 Å². The molecule has 37 heavy (non-hydrogen) atoms. The number of amides is 1. The molecule has 0 aromatic heterocycles. The lowest BCUT2D eigenvalue weighted by molar-refractivity contribution is -0.385. The van der Waals surface area contributed by atoms with E-state index in [9.17, 15) is 14.9 Å². The summed E-state index contributed by atoms with van der Waals surface area (Å²) < 4.78 is 22.6. The maximum absolute atomic E-state index is 13.1. The number of nitrogens with one attached hydrogen (secondary N) is 2. The van der Waals surface area contributed by atoms with Crippen molar-refractivity contribution in [2.45, 2.75) is 38.2 Å². The van der Waals surface area contributed by atoms with Crippen molar-refractivity contribution < 1.29 is 28.7 Å². The lowest BCUT2D eigenvalue weighted by Gasteiger charge is -2.23. The summed E-state index contributed by atoms with van der Waals surface area (Å²) in [5.74, 6) is 1.08. The fourth-order valence-electron chi connectivity index (χ4n) is 4.83. The summed E-state index contributed by atoms with van der Waals surface area (Å²) in [7, 11) is 2.97. The van der Waals surface area contributed by atoms with Gasteiger partial charge < -0.3 is 29.6 Å². The summed E-state index contributed by atoms with van der Waals surface area (Å²) in [4.78, 5) is 23.9. The van der Waals surface area contributed by atoms with Gasteiger partial charge in [-0.05, 0) is 61.4 Å². The van der Waals surface area contributed by atoms with E-state index < -0.39 is 4.92 Å². The monoisotopic (exact) mass is 507 g/mol. The van der Waals surface area contributed by atoms with Gasteiger partial charge in [-0.2, -0.15) is 0 Å². The molecule has 1 fully saturated rings. The first kappa shape index (κ1) is 24.6. The van der Waals surface area contributed by atoms with E-state index in [0.29, 0.717) is 53.6 Å². The summed E-state index contributed by atoms with van der Waals surface area (Å²) >= 11 is 0. The molecule has 3 aliphatic rings. The first-order chi connectivity index (χ1) is 18.0. The molecule has 10 heteroatoms. The summed E-state index contributed by atoms with van der Waals surface area (Å²) in [6.07, 6.45) is 6.21. The Balaban J connectivity index is 1.44. The second kappa shape index (κ2) is 10.5. The summed E-state index contributed by atoms with van der Waals surface area (Å²) in [5, 5.41) is 17.7. The Morgan fingerprint density at radius 3 is 2.54 bits per heavy atom. The van der Waals surface area contributed by atoms with Crippen molar-refractivity contribution >= 4 is 28.5 Å². The number of anilines is 2. The van der Waals surface area contributed by atoms with Crippen molar-refractivity contribution in [3.63, 3.8) is 0 Å². The van der Waals surface area contributed by atoms with Gasteiger partial charge in [0.15, 0.2) is 17.2 Å². The number of carbonyl (C=O) groups is 1. The molecule has 0 saturated carbocycles. The first-order valence-corrected chi connectivity index (χ1v) is 12.3. The zero-order valence-corrected chi connectivity index (χ0v) is 20.8. The van der Waals surface area contributed by atoms with Gasteiger partial charge in [-0.15, -0.1) is 0 Å². The molecule has 2 N–H and O–H groups in total. The van der Waals surface area contributed by atoms with Gasteiger partial charge in [0.2, 0.25) is 0 Å². The van der Waals surface area contributed by atoms with Crippen molar-refractivity contribution in [1.29, 1.82) is 0 Å². The minimum atomic E-state index is -0.471. The number of nitro benzene ring substituents is 1. The third kappa shape index (κ3) is 5.10. The van der Waals surface area contributed by atoms with Gasteiger partial charge in [-0.3, -0.25) is 14.9 Å². The molecule has 1 unspecified atom stereocenters. The standard InChI is InChI=1S/C27H29N3O7/c1-34-24-12-17(7-9-23(24)30(32)33)16-6-8-19-20(11-16)28-21-14-26(37-15-18-5-3-4-10-36-18)25(35-2)13-22(21)29-27(19)31/h7,9,11-14,18,28H,3-6,8,10,15H2,1-2H3,(H,29,31). The smallest absolute Gasteiger partial charge is 0.310 e. The molecule has 1 atom stereocenters. The molecular weight excluding hydrogens is 478 g/mol. The van der Waals surface area contributed by atoms with E-state index in [1.54, 1.807) is 25.3 Å². The van der Waals surface area contributed by atoms with Gasteiger partial charge in [0.25, 0.3) is 5.91 Å². The maximum atomic E-state index is 13.1. The molecule has 10 nitrogen and oxygen atoms in total. The van der Waals surface area contributed by atoms with Crippen molar-refractivity contribution in [3.8, 4) is 17.2 Å². The van der Waals surface area contributed by atoms with Gasteiger partial charge in [-0.25, -0.2) is 0 Å². The topological polar surface area (TPSA) is 121 Å². The predicted octanol–water partition coefficient (Wildman–Crippen LogP) is 5.06. The number of fused-ring (bicyclic) bond motifs is 1. The zero-order chi connectivity index (χ0) is 25.9. The van der Waals surface area contributed by atoms with Crippen LogP contribution in [0.2, 0.25) is 0 Å². The molecular formula is C27H29N3O7. The van der Waals surface area contributed by atoms with Crippen LogP contribution in [0.3, 0.4) is 0 Å². The van der Waals surface area contributed by atoms with Crippen molar-refractivity contribution in [2.75, 3.05) is 38.1 Å². The van der Waals surface area contributed by atoms with Gasteiger partial charge in [-0.1, -0.05) is 0 Å². The number of hydrogen-bond acceptors (Lipinski definition) is 8. The van der Waals surface area contributed by atoms with Crippen molar-refractivity contribution in [3.05, 3.63) is 63.4 Å². The van der Waals surface area contributed by atoms with E-state index in [-0.39, 0.29) is 23.4 Å². The summed E-state index contributed by atoms with van der Waals surface area (Å²) in [5.41, 5.74) is 4.21. The van der Waals surface area contributed by atoms with E-state index in [4.69, 9.17) is 18.9 Å². The number of nitro groups is 1. The molecule has 2 aromatic rings. The SMILES string of the molecule is COc1cc2c(cc1OCC1CCCCO1)NC1=C(CCC(c3ccc([N+](=O)[O-])c(OC)c3)=C1)C(=O)N2. The van der Waals surface area contributed by atoms with Crippen LogP contribution in [0.5, 0.6) is 17.2 Å². The molecule has 0 radical (unpaired) electrons. The normalized spacial score (nSPS) is 18.9. The molecule has 2 aromatic carbocycles. The zero-order valence-electron chi connectivity index (χ0n) is 20.8. The van der Waals surface area contributed by atoms with E-state index in [2.05, 4.69) is 10.6 Å².